The summed E-state index contributed by atoms with van der Waals surface area (Å²) in [6.07, 6.45) is 1.66. The Labute approximate surface area is 128 Å². The van der Waals surface area contributed by atoms with Gasteiger partial charge in [-0.05, 0) is 42.1 Å². The van der Waals surface area contributed by atoms with Gasteiger partial charge in [-0.25, -0.2) is 0 Å². The largest absolute Gasteiger partial charge is 0.381 e. The highest BCUT2D eigenvalue weighted by Crippen LogP contribution is 2.21. The quantitative estimate of drug-likeness (QED) is 0.798. The molecule has 1 saturated heterocycles. The van der Waals surface area contributed by atoms with Crippen LogP contribution in [0.25, 0.3) is 0 Å². The van der Waals surface area contributed by atoms with Crippen molar-refractivity contribution in [1.82, 2.24) is 14.7 Å². The van der Waals surface area contributed by atoms with Gasteiger partial charge in [-0.15, -0.1) is 0 Å². The van der Waals surface area contributed by atoms with Gasteiger partial charge in [0.25, 0.3) is 0 Å². The summed E-state index contributed by atoms with van der Waals surface area (Å²) in [5.41, 5.74) is 2.14. The van der Waals surface area contributed by atoms with Gasteiger partial charge in [0.15, 0.2) is 0 Å². The lowest BCUT2D eigenvalue weighted by atomic mass is 10.1. The van der Waals surface area contributed by atoms with Gasteiger partial charge in [0.1, 0.15) is 0 Å². The zero-order valence-electron chi connectivity index (χ0n) is 12.1. The van der Waals surface area contributed by atoms with E-state index in [1.54, 1.807) is 0 Å². The molecule has 1 aliphatic rings. The number of hydrogen-bond donors (Lipinski definition) is 0. The Morgan fingerprint density at radius 1 is 1.55 bits per heavy atom. The van der Waals surface area contributed by atoms with Crippen LogP contribution in [-0.4, -0.2) is 41.0 Å². The van der Waals surface area contributed by atoms with Gasteiger partial charge in [-0.1, -0.05) is 0 Å². The number of aryl methyl sites for hydroxylation is 1. The van der Waals surface area contributed by atoms with Crippen LogP contribution in [0.1, 0.15) is 24.2 Å². The molecule has 0 radical (unpaired) electrons. The van der Waals surface area contributed by atoms with Crippen LogP contribution >= 0.6 is 15.9 Å². The molecule has 2 rings (SSSR count). The minimum absolute atomic E-state index is 0.550. The summed E-state index contributed by atoms with van der Waals surface area (Å²) >= 11 is 3.56. The third-order valence-corrected chi connectivity index (χ3v) is 4.85. The highest BCUT2D eigenvalue weighted by Gasteiger charge is 2.20. The number of ether oxygens (including phenoxy) is 1. The van der Waals surface area contributed by atoms with Crippen molar-refractivity contribution in [3.63, 3.8) is 0 Å². The SMILES string of the molecule is Cc1nn(CN(CCC#N)C[C@@H]2CCOC2)c(C)c1Br. The maximum Gasteiger partial charge on any atom is 0.0932 e. The van der Waals surface area contributed by atoms with Crippen LogP contribution in [0.2, 0.25) is 0 Å². The number of aromatic nitrogens is 2. The lowest BCUT2D eigenvalue weighted by molar-refractivity contribution is 0.148. The zero-order chi connectivity index (χ0) is 14.5. The van der Waals surface area contributed by atoms with E-state index in [0.717, 1.165) is 55.3 Å². The smallest absolute Gasteiger partial charge is 0.0932 e. The van der Waals surface area contributed by atoms with Crippen LogP contribution in [0.15, 0.2) is 4.47 Å². The van der Waals surface area contributed by atoms with Crippen molar-refractivity contribution in [2.24, 2.45) is 5.92 Å². The highest BCUT2D eigenvalue weighted by atomic mass is 79.9. The second kappa shape index (κ2) is 7.21. The summed E-state index contributed by atoms with van der Waals surface area (Å²) in [7, 11) is 0. The number of nitrogens with zero attached hydrogens (tertiary/aromatic N) is 4. The minimum Gasteiger partial charge on any atom is -0.381 e. The van der Waals surface area contributed by atoms with Crippen molar-refractivity contribution in [2.75, 3.05) is 26.3 Å². The van der Waals surface area contributed by atoms with Crippen LogP contribution in [0.3, 0.4) is 0 Å². The molecule has 0 aliphatic carbocycles. The normalized spacial score (nSPS) is 18.6. The molecule has 0 unspecified atom stereocenters. The molecule has 0 amide bonds. The van der Waals surface area contributed by atoms with Crippen molar-refractivity contribution >= 4 is 15.9 Å². The van der Waals surface area contributed by atoms with Gasteiger partial charge in [-0.2, -0.15) is 10.4 Å². The Morgan fingerprint density at radius 3 is 2.90 bits per heavy atom. The molecule has 110 valence electrons. The lowest BCUT2D eigenvalue weighted by Gasteiger charge is -2.24. The zero-order valence-corrected chi connectivity index (χ0v) is 13.7. The Bertz CT molecular complexity index is 488. The van der Waals surface area contributed by atoms with Crippen molar-refractivity contribution in [2.45, 2.75) is 33.4 Å². The van der Waals surface area contributed by atoms with E-state index in [-0.39, 0.29) is 0 Å². The summed E-state index contributed by atoms with van der Waals surface area (Å²) in [6.45, 7) is 8.24. The summed E-state index contributed by atoms with van der Waals surface area (Å²) in [6, 6.07) is 2.23. The number of rotatable bonds is 6. The molecular weight excluding hydrogens is 320 g/mol. The Balaban J connectivity index is 2.02. The monoisotopic (exact) mass is 340 g/mol. The first kappa shape index (κ1) is 15.5. The number of nitriles is 1. The average molecular weight is 341 g/mol. The van der Waals surface area contributed by atoms with Gasteiger partial charge in [0.2, 0.25) is 0 Å². The van der Waals surface area contributed by atoms with Crippen LogP contribution in [0, 0.1) is 31.1 Å². The minimum atomic E-state index is 0.550. The second-order valence-electron chi connectivity index (χ2n) is 5.34. The van der Waals surface area contributed by atoms with Gasteiger partial charge in [-0.3, -0.25) is 9.58 Å². The first-order valence-electron chi connectivity index (χ1n) is 6.98. The standard InChI is InChI=1S/C14H21BrN4O/c1-11-14(15)12(2)19(17-11)10-18(6-3-5-16)8-13-4-7-20-9-13/h13H,3-4,6-10H2,1-2H3/t13-/m0/s1. The van der Waals surface area contributed by atoms with E-state index < -0.39 is 0 Å². The van der Waals surface area contributed by atoms with Gasteiger partial charge >= 0.3 is 0 Å². The second-order valence-corrected chi connectivity index (χ2v) is 6.13. The molecule has 6 heteroatoms. The Morgan fingerprint density at radius 2 is 2.35 bits per heavy atom. The first-order valence-corrected chi connectivity index (χ1v) is 7.77. The van der Waals surface area contributed by atoms with Crippen molar-refractivity contribution < 1.29 is 4.74 Å². The summed E-state index contributed by atoms with van der Waals surface area (Å²) < 4.78 is 8.52. The van der Waals surface area contributed by atoms with Gasteiger partial charge in [0.05, 0.1) is 35.2 Å². The number of hydrogen-bond acceptors (Lipinski definition) is 4. The van der Waals surface area contributed by atoms with E-state index in [2.05, 4.69) is 38.9 Å². The van der Waals surface area contributed by atoms with Crippen LogP contribution in [0.5, 0.6) is 0 Å². The molecule has 5 nitrogen and oxygen atoms in total. The molecule has 0 bridgehead atoms. The maximum atomic E-state index is 8.81. The predicted molar refractivity (Wildman–Crippen MR) is 80.1 cm³/mol. The molecule has 0 N–H and O–H groups in total. The molecule has 0 spiro atoms. The van der Waals surface area contributed by atoms with Crippen LogP contribution in [0.4, 0.5) is 0 Å². The van der Waals surface area contributed by atoms with E-state index in [4.69, 9.17) is 10.00 Å². The van der Waals surface area contributed by atoms with Crippen molar-refractivity contribution in [1.29, 1.82) is 5.26 Å². The first-order chi connectivity index (χ1) is 9.61. The molecule has 1 atom stereocenters. The molecule has 2 heterocycles. The predicted octanol–water partition coefficient (Wildman–Crippen LogP) is 2.47. The molecule has 1 aromatic heterocycles. The third kappa shape index (κ3) is 3.81. The molecule has 0 aromatic carbocycles. The summed E-state index contributed by atoms with van der Waals surface area (Å²) in [5.74, 6) is 0.578. The fourth-order valence-corrected chi connectivity index (χ4v) is 2.81. The fraction of sp³-hybridized carbons (Fsp3) is 0.714. The van der Waals surface area contributed by atoms with Gasteiger partial charge in [0, 0.05) is 26.1 Å². The summed E-state index contributed by atoms with van der Waals surface area (Å²) in [5, 5.41) is 13.4. The molecule has 0 saturated carbocycles. The molecule has 1 aliphatic heterocycles. The van der Waals surface area contributed by atoms with E-state index in [9.17, 15) is 0 Å². The van der Waals surface area contributed by atoms with E-state index in [1.165, 1.54) is 0 Å². The third-order valence-electron chi connectivity index (χ3n) is 3.71. The number of halogens is 1. The van der Waals surface area contributed by atoms with E-state index in [1.807, 2.05) is 11.6 Å². The van der Waals surface area contributed by atoms with Crippen molar-refractivity contribution in [3.05, 3.63) is 15.9 Å². The highest BCUT2D eigenvalue weighted by molar-refractivity contribution is 9.10. The molecule has 1 aromatic rings. The van der Waals surface area contributed by atoms with Crippen molar-refractivity contribution in [3.8, 4) is 6.07 Å². The average Bonchev–Trinajstić information content (AvgIpc) is 3.01. The lowest BCUT2D eigenvalue weighted by Crippen LogP contribution is -2.33. The fourth-order valence-electron chi connectivity index (χ4n) is 2.52. The molecule has 20 heavy (non-hydrogen) atoms. The summed E-state index contributed by atoms with van der Waals surface area (Å²) in [4.78, 5) is 2.30. The van der Waals surface area contributed by atoms with Crippen LogP contribution < -0.4 is 0 Å². The molecule has 1 fully saturated rings. The maximum absolute atomic E-state index is 8.81. The van der Waals surface area contributed by atoms with Gasteiger partial charge < -0.3 is 4.74 Å². The Kier molecular flexibility index (Phi) is 5.58. The van der Waals surface area contributed by atoms with E-state index >= 15 is 0 Å². The molecular formula is C14H21BrN4O. The van der Waals surface area contributed by atoms with Crippen LogP contribution in [-0.2, 0) is 11.4 Å². The topological polar surface area (TPSA) is 54.1 Å². The Hall–Kier alpha value is -0.900. The van der Waals surface area contributed by atoms with E-state index in [0.29, 0.717) is 12.3 Å².